The summed E-state index contributed by atoms with van der Waals surface area (Å²) in [6, 6.07) is 10.2. The lowest BCUT2D eigenvalue weighted by Crippen LogP contribution is -2.12. The molecule has 0 bridgehead atoms. The van der Waals surface area contributed by atoms with Crippen molar-refractivity contribution in [3.63, 3.8) is 0 Å². The van der Waals surface area contributed by atoms with Gasteiger partial charge < -0.3 is 19.2 Å². The lowest BCUT2D eigenvalue weighted by atomic mass is 9.93. The molecular weight excluding hydrogens is 563 g/mol. The van der Waals surface area contributed by atoms with Crippen molar-refractivity contribution < 1.29 is 22.5 Å². The highest BCUT2D eigenvalue weighted by Crippen LogP contribution is 2.39. The summed E-state index contributed by atoms with van der Waals surface area (Å²) in [6.45, 7) is 3.84. The Bertz CT molecular complexity index is 2060. The highest BCUT2D eigenvalue weighted by molar-refractivity contribution is 7.65. The minimum absolute atomic E-state index is 0.0103. The van der Waals surface area contributed by atoms with Gasteiger partial charge in [-0.05, 0) is 59.5 Å². The summed E-state index contributed by atoms with van der Waals surface area (Å²) in [7, 11) is 1.50. The van der Waals surface area contributed by atoms with E-state index in [1.165, 1.54) is 19.5 Å². The number of nitrogens with zero attached hydrogens (tertiary/aromatic N) is 5. The third-order valence-corrected chi connectivity index (χ3v) is 7.27. The SMILES string of the molecule is CCc1c(F)ccc2cc(OCOC)cc(-c3oc(=O)c4c(NCc5ccc6ncnn6c5)nc([S+]=O)nc4c3C)c12. The smallest absolute Gasteiger partial charge is 0.468 e. The number of hydrogen-bond donors (Lipinski definition) is 1. The summed E-state index contributed by atoms with van der Waals surface area (Å²) in [5.41, 5.74) is 2.46. The van der Waals surface area contributed by atoms with Crippen LogP contribution in [-0.2, 0) is 33.6 Å². The number of methoxy groups -OCH3 is 1. The molecule has 1 N–H and O–H groups in total. The number of aromatic nitrogens is 5. The third kappa shape index (κ3) is 4.82. The van der Waals surface area contributed by atoms with E-state index in [1.807, 2.05) is 19.1 Å². The molecule has 13 heteroatoms. The summed E-state index contributed by atoms with van der Waals surface area (Å²) in [6.07, 6.45) is 3.65. The van der Waals surface area contributed by atoms with Gasteiger partial charge in [-0.1, -0.05) is 19.1 Å². The summed E-state index contributed by atoms with van der Waals surface area (Å²) in [4.78, 5) is 26.4. The Labute approximate surface area is 241 Å². The molecule has 0 fully saturated rings. The number of pyridine rings is 1. The summed E-state index contributed by atoms with van der Waals surface area (Å²) in [5, 5.41) is 8.59. The number of rotatable bonds is 9. The van der Waals surface area contributed by atoms with E-state index in [2.05, 4.69) is 25.4 Å². The maximum atomic E-state index is 15.0. The van der Waals surface area contributed by atoms with Crippen molar-refractivity contribution in [2.45, 2.75) is 32.0 Å². The first kappa shape index (κ1) is 27.3. The molecular formula is C29H24FN6O5S+. The molecule has 4 heterocycles. The molecule has 2 aromatic carbocycles. The van der Waals surface area contributed by atoms with E-state index in [-0.39, 0.29) is 58.5 Å². The van der Waals surface area contributed by atoms with E-state index in [0.717, 1.165) is 5.56 Å². The van der Waals surface area contributed by atoms with Crippen LogP contribution in [0.5, 0.6) is 5.75 Å². The van der Waals surface area contributed by atoms with E-state index < -0.39 is 5.63 Å². The highest BCUT2D eigenvalue weighted by atomic mass is 32.1. The second kappa shape index (κ2) is 11.2. The molecule has 0 radical (unpaired) electrons. The molecule has 0 aliphatic rings. The van der Waals surface area contributed by atoms with Crippen LogP contribution in [-0.4, -0.2) is 38.5 Å². The second-order valence-corrected chi connectivity index (χ2v) is 9.99. The average Bonchev–Trinajstić information content (AvgIpc) is 3.48. The number of ether oxygens (including phenoxy) is 2. The van der Waals surface area contributed by atoms with Gasteiger partial charge >= 0.3 is 22.4 Å². The van der Waals surface area contributed by atoms with Crippen molar-refractivity contribution in [2.24, 2.45) is 0 Å². The fraction of sp³-hybridized carbons (Fsp3) is 0.207. The first-order valence-corrected chi connectivity index (χ1v) is 13.7. The topological polar surface area (TPSA) is 134 Å². The van der Waals surface area contributed by atoms with Gasteiger partial charge in [-0.25, -0.2) is 18.7 Å². The van der Waals surface area contributed by atoms with E-state index >= 15 is 0 Å². The van der Waals surface area contributed by atoms with Gasteiger partial charge in [0.2, 0.25) is 0 Å². The largest absolute Gasteiger partial charge is 0.550 e. The number of halogens is 1. The van der Waals surface area contributed by atoms with Crippen LogP contribution in [0.15, 0.2) is 63.3 Å². The van der Waals surface area contributed by atoms with E-state index in [1.54, 1.807) is 35.8 Å². The predicted molar refractivity (Wildman–Crippen MR) is 154 cm³/mol. The zero-order chi connectivity index (χ0) is 29.4. The Morgan fingerprint density at radius 1 is 1.14 bits per heavy atom. The molecule has 0 saturated carbocycles. The van der Waals surface area contributed by atoms with Crippen molar-refractivity contribution in [1.29, 1.82) is 0 Å². The van der Waals surface area contributed by atoms with Crippen LogP contribution in [0.1, 0.15) is 23.6 Å². The molecule has 0 saturated heterocycles. The molecule has 212 valence electrons. The minimum atomic E-state index is -0.715. The molecule has 0 spiro atoms. The third-order valence-electron chi connectivity index (χ3n) is 6.94. The summed E-state index contributed by atoms with van der Waals surface area (Å²) < 4.78 is 45.2. The standard InChI is InChI=1S/C29H23FN6O5S/c1-4-19-21(30)7-6-17-9-18(40-14-39-3)10-20(23(17)19)26-15(2)25-24(28(37)41-26)27(35-29(34-25)42-38)31-11-16-5-8-22-32-13-33-36(22)12-16/h5-10,12-13H,4,11,14H2,1-3H3/p+1. The van der Waals surface area contributed by atoms with Gasteiger partial charge in [-0.2, -0.15) is 15.1 Å². The van der Waals surface area contributed by atoms with Crippen molar-refractivity contribution in [2.75, 3.05) is 19.2 Å². The van der Waals surface area contributed by atoms with Crippen molar-refractivity contribution in [3.05, 3.63) is 81.9 Å². The molecule has 4 aromatic heterocycles. The van der Waals surface area contributed by atoms with E-state index in [4.69, 9.17) is 13.9 Å². The second-order valence-electron chi connectivity index (χ2n) is 9.46. The number of benzene rings is 2. The maximum Gasteiger partial charge on any atom is 0.550 e. The Morgan fingerprint density at radius 3 is 2.79 bits per heavy atom. The number of aryl methyl sites for hydroxylation is 2. The van der Waals surface area contributed by atoms with Crippen LogP contribution in [0.2, 0.25) is 0 Å². The van der Waals surface area contributed by atoms with E-state index in [9.17, 15) is 13.4 Å². The molecule has 42 heavy (non-hydrogen) atoms. The van der Waals surface area contributed by atoms with Crippen LogP contribution in [0.3, 0.4) is 0 Å². The fourth-order valence-electron chi connectivity index (χ4n) is 5.03. The minimum Gasteiger partial charge on any atom is -0.468 e. The van der Waals surface area contributed by atoms with E-state index in [0.29, 0.717) is 45.3 Å². The van der Waals surface area contributed by atoms with Crippen molar-refractivity contribution in [3.8, 4) is 17.1 Å². The first-order chi connectivity index (χ1) is 20.4. The quantitative estimate of drug-likeness (QED) is 0.142. The monoisotopic (exact) mass is 587 g/mol. The Hall–Kier alpha value is -4.88. The Balaban J connectivity index is 1.53. The lowest BCUT2D eigenvalue weighted by molar-refractivity contribution is 0.0512. The molecule has 0 amide bonds. The zero-order valence-corrected chi connectivity index (χ0v) is 23.6. The number of fused-ring (bicyclic) bond motifs is 3. The molecule has 0 unspecified atom stereocenters. The van der Waals surface area contributed by atoms with Crippen LogP contribution < -0.4 is 15.7 Å². The van der Waals surface area contributed by atoms with Crippen LogP contribution in [0.25, 0.3) is 38.6 Å². The number of anilines is 1. The van der Waals surface area contributed by atoms with Gasteiger partial charge in [-0.3, -0.25) is 0 Å². The molecule has 6 aromatic rings. The molecule has 11 nitrogen and oxygen atoms in total. The number of hydrogen-bond acceptors (Lipinski definition) is 10. The summed E-state index contributed by atoms with van der Waals surface area (Å²) >= 11 is 0.110. The van der Waals surface area contributed by atoms with Crippen LogP contribution in [0, 0.1) is 12.7 Å². The van der Waals surface area contributed by atoms with Crippen LogP contribution in [0.4, 0.5) is 10.2 Å². The van der Waals surface area contributed by atoms with Crippen LogP contribution >= 0.6 is 0 Å². The molecule has 0 aliphatic heterocycles. The van der Waals surface area contributed by atoms with Crippen molar-refractivity contribution >= 4 is 44.8 Å². The van der Waals surface area contributed by atoms with Gasteiger partial charge in [-0.15, -0.1) is 0 Å². The summed E-state index contributed by atoms with van der Waals surface area (Å²) in [5.74, 6) is 0.410. The van der Waals surface area contributed by atoms with Crippen molar-refractivity contribution in [1.82, 2.24) is 24.6 Å². The van der Waals surface area contributed by atoms with Gasteiger partial charge in [0.15, 0.2) is 18.3 Å². The first-order valence-electron chi connectivity index (χ1n) is 13.0. The average molecular weight is 588 g/mol. The normalized spacial score (nSPS) is 11.4. The van der Waals surface area contributed by atoms with Gasteiger partial charge in [0, 0.05) is 35.2 Å². The van der Waals surface area contributed by atoms with Gasteiger partial charge in [0.1, 0.15) is 29.0 Å². The zero-order valence-electron chi connectivity index (χ0n) is 22.8. The molecule has 0 aliphatic carbocycles. The maximum absolute atomic E-state index is 15.0. The van der Waals surface area contributed by atoms with Gasteiger partial charge in [0.25, 0.3) is 0 Å². The molecule has 0 atom stereocenters. The molecule has 6 rings (SSSR count). The van der Waals surface area contributed by atoms with Gasteiger partial charge in [0.05, 0.1) is 5.52 Å². The predicted octanol–water partition coefficient (Wildman–Crippen LogP) is 4.84. The lowest BCUT2D eigenvalue weighted by Gasteiger charge is -2.16. The Morgan fingerprint density at radius 2 is 2.00 bits per heavy atom. The fourth-order valence-corrected chi connectivity index (χ4v) is 5.29. The Kier molecular flexibility index (Phi) is 7.27. The highest BCUT2D eigenvalue weighted by Gasteiger charge is 2.25. The number of nitrogens with one attached hydrogen (secondary N) is 1.